The van der Waals surface area contributed by atoms with Gasteiger partial charge < -0.3 is 4.57 Å². The number of hydrogen-bond donors (Lipinski definition) is 0. The van der Waals surface area contributed by atoms with E-state index in [-0.39, 0.29) is 0 Å². The van der Waals surface area contributed by atoms with Gasteiger partial charge in [0.2, 0.25) is 0 Å². The fraction of sp³-hybridized carbons (Fsp3) is 0.300. The van der Waals surface area contributed by atoms with Crippen molar-refractivity contribution in [3.63, 3.8) is 0 Å². The summed E-state index contributed by atoms with van der Waals surface area (Å²) in [7, 11) is 1.91. The monoisotopic (exact) mass is 348 g/mol. The summed E-state index contributed by atoms with van der Waals surface area (Å²) in [5, 5.41) is 0.503. The van der Waals surface area contributed by atoms with Gasteiger partial charge in [0.1, 0.15) is 10.8 Å². The van der Waals surface area contributed by atoms with Crippen LogP contribution in [0.5, 0.6) is 0 Å². The summed E-state index contributed by atoms with van der Waals surface area (Å²) in [4.78, 5) is 12.8. The van der Waals surface area contributed by atoms with Gasteiger partial charge >= 0.3 is 0 Å². The van der Waals surface area contributed by atoms with Gasteiger partial charge in [-0.15, -0.1) is 0 Å². The van der Waals surface area contributed by atoms with Crippen molar-refractivity contribution in [2.24, 2.45) is 7.05 Å². The highest BCUT2D eigenvalue weighted by Gasteiger charge is 2.12. The van der Waals surface area contributed by atoms with Crippen LogP contribution in [-0.2, 0) is 13.5 Å². The molecule has 6 heteroatoms. The van der Waals surface area contributed by atoms with Crippen LogP contribution in [0.1, 0.15) is 12.6 Å². The molecule has 0 unspecified atom stereocenters. The fourth-order valence-electron chi connectivity index (χ4n) is 1.38. The topological polar surface area (TPSA) is 43.6 Å². The first kappa shape index (κ1) is 11.8. The fourth-order valence-corrected chi connectivity index (χ4v) is 2.20. The first-order valence-corrected chi connectivity index (χ1v) is 6.27. The van der Waals surface area contributed by atoms with E-state index in [1.54, 1.807) is 12.5 Å². The van der Waals surface area contributed by atoms with Gasteiger partial charge in [0.25, 0.3) is 0 Å². The van der Waals surface area contributed by atoms with E-state index in [9.17, 15) is 0 Å². The summed E-state index contributed by atoms with van der Waals surface area (Å²) >= 11 is 8.25. The van der Waals surface area contributed by atoms with Crippen LogP contribution in [0.25, 0.3) is 11.5 Å². The molecular weight excluding hydrogens is 338 g/mol. The zero-order valence-electron chi connectivity index (χ0n) is 8.91. The van der Waals surface area contributed by atoms with Crippen molar-refractivity contribution in [2.45, 2.75) is 13.3 Å². The van der Waals surface area contributed by atoms with Crippen molar-refractivity contribution in [3.8, 4) is 11.5 Å². The first-order valence-electron chi connectivity index (χ1n) is 4.82. The molecule has 0 radical (unpaired) electrons. The second-order valence-corrected chi connectivity index (χ2v) is 4.78. The Balaban J connectivity index is 2.59. The van der Waals surface area contributed by atoms with E-state index in [2.05, 4.69) is 37.5 Å². The lowest BCUT2D eigenvalue weighted by molar-refractivity contribution is 0.897. The molecule has 4 nitrogen and oxygen atoms in total. The standard InChI is InChI=1S/C10H10ClIN4/c1-3-6-8(12)9(11)15-10(14-6)7-4-13-5-16(7)2/h4-5H,3H2,1-2H3. The summed E-state index contributed by atoms with van der Waals surface area (Å²) in [6.45, 7) is 2.05. The van der Waals surface area contributed by atoms with Crippen LogP contribution >= 0.6 is 34.2 Å². The van der Waals surface area contributed by atoms with E-state index in [0.717, 1.165) is 21.4 Å². The number of hydrogen-bond acceptors (Lipinski definition) is 3. The summed E-state index contributed by atoms with van der Waals surface area (Å²) in [6.07, 6.45) is 4.29. The highest BCUT2D eigenvalue weighted by molar-refractivity contribution is 14.1. The van der Waals surface area contributed by atoms with Crippen molar-refractivity contribution in [3.05, 3.63) is 26.9 Å². The SMILES string of the molecule is CCc1nc(-c2cncn2C)nc(Cl)c1I. The normalized spacial score (nSPS) is 10.8. The lowest BCUT2D eigenvalue weighted by Gasteiger charge is -2.06. The van der Waals surface area contributed by atoms with E-state index in [1.807, 2.05) is 18.5 Å². The van der Waals surface area contributed by atoms with E-state index >= 15 is 0 Å². The molecule has 0 N–H and O–H groups in total. The number of nitrogens with zero attached hydrogens (tertiary/aromatic N) is 4. The first-order chi connectivity index (χ1) is 7.63. The average Bonchev–Trinajstić information content (AvgIpc) is 2.68. The van der Waals surface area contributed by atoms with Crippen molar-refractivity contribution < 1.29 is 0 Å². The van der Waals surface area contributed by atoms with E-state index < -0.39 is 0 Å². The average molecular weight is 349 g/mol. The maximum atomic E-state index is 6.08. The third-order valence-electron chi connectivity index (χ3n) is 2.26. The third-order valence-corrected chi connectivity index (χ3v) is 3.99. The molecule has 0 saturated heterocycles. The van der Waals surface area contributed by atoms with E-state index in [1.165, 1.54) is 0 Å². The predicted molar refractivity (Wildman–Crippen MR) is 71.3 cm³/mol. The molecule has 0 bridgehead atoms. The Morgan fingerprint density at radius 1 is 1.44 bits per heavy atom. The van der Waals surface area contributed by atoms with Crippen LogP contribution in [0.2, 0.25) is 5.15 Å². The molecule has 0 aliphatic heterocycles. The second-order valence-electron chi connectivity index (χ2n) is 3.34. The molecule has 0 amide bonds. The van der Waals surface area contributed by atoms with Gasteiger partial charge in [-0.2, -0.15) is 0 Å². The molecule has 2 rings (SSSR count). The van der Waals surface area contributed by atoms with E-state index in [4.69, 9.17) is 11.6 Å². The molecule has 84 valence electrons. The maximum Gasteiger partial charge on any atom is 0.179 e. The van der Waals surface area contributed by atoms with Crippen LogP contribution < -0.4 is 0 Å². The van der Waals surface area contributed by atoms with Crippen molar-refractivity contribution in [2.75, 3.05) is 0 Å². The van der Waals surface area contributed by atoms with Crippen LogP contribution in [-0.4, -0.2) is 19.5 Å². The van der Waals surface area contributed by atoms with Crippen molar-refractivity contribution >= 4 is 34.2 Å². The smallest absolute Gasteiger partial charge is 0.179 e. The van der Waals surface area contributed by atoms with Crippen LogP contribution in [0, 0.1) is 3.57 Å². The summed E-state index contributed by atoms with van der Waals surface area (Å²) in [6, 6.07) is 0. The molecule has 0 fully saturated rings. The maximum absolute atomic E-state index is 6.08. The predicted octanol–water partition coefficient (Wildman–Crippen LogP) is 2.70. The third kappa shape index (κ3) is 2.06. The van der Waals surface area contributed by atoms with E-state index in [0.29, 0.717) is 11.0 Å². The number of imidazole rings is 1. The van der Waals surface area contributed by atoms with Crippen LogP contribution in [0.15, 0.2) is 12.5 Å². The van der Waals surface area contributed by atoms with Gasteiger partial charge in [-0.1, -0.05) is 18.5 Å². The highest BCUT2D eigenvalue weighted by atomic mass is 127. The zero-order valence-corrected chi connectivity index (χ0v) is 11.8. The molecule has 2 aromatic heterocycles. The minimum absolute atomic E-state index is 0.503. The minimum Gasteiger partial charge on any atom is -0.331 e. The number of aromatic nitrogens is 4. The molecule has 16 heavy (non-hydrogen) atoms. The molecule has 0 atom stereocenters. The van der Waals surface area contributed by atoms with Gasteiger partial charge in [0.05, 0.1) is 21.8 Å². The summed E-state index contributed by atoms with van der Waals surface area (Å²) < 4.78 is 2.80. The van der Waals surface area contributed by atoms with Crippen molar-refractivity contribution in [1.29, 1.82) is 0 Å². The Kier molecular flexibility index (Phi) is 3.44. The van der Waals surface area contributed by atoms with Crippen LogP contribution in [0.3, 0.4) is 0 Å². The summed E-state index contributed by atoms with van der Waals surface area (Å²) in [5.74, 6) is 0.627. The molecule has 0 aromatic carbocycles. The zero-order chi connectivity index (χ0) is 11.7. The molecule has 0 aliphatic carbocycles. The molecule has 0 aliphatic rings. The van der Waals surface area contributed by atoms with Crippen LogP contribution in [0.4, 0.5) is 0 Å². The molecule has 0 spiro atoms. The van der Waals surface area contributed by atoms with Gasteiger partial charge in [0.15, 0.2) is 5.82 Å². The number of rotatable bonds is 2. The Morgan fingerprint density at radius 3 is 2.75 bits per heavy atom. The largest absolute Gasteiger partial charge is 0.331 e. The van der Waals surface area contributed by atoms with Gasteiger partial charge in [0, 0.05) is 7.05 Å². The minimum atomic E-state index is 0.503. The Labute approximate surface area is 112 Å². The molecular formula is C10H10ClIN4. The lowest BCUT2D eigenvalue weighted by Crippen LogP contribution is -2.02. The number of aryl methyl sites for hydroxylation is 2. The second kappa shape index (κ2) is 4.67. The molecule has 2 heterocycles. The molecule has 2 aromatic rings. The quantitative estimate of drug-likeness (QED) is 0.619. The highest BCUT2D eigenvalue weighted by Crippen LogP contribution is 2.23. The van der Waals surface area contributed by atoms with Gasteiger partial charge in [-0.3, -0.25) is 0 Å². The Morgan fingerprint density at radius 2 is 2.19 bits per heavy atom. The summed E-state index contributed by atoms with van der Waals surface area (Å²) in [5.41, 5.74) is 1.84. The Hall–Kier alpha value is -0.690. The van der Waals surface area contributed by atoms with Gasteiger partial charge in [-0.05, 0) is 29.0 Å². The molecule has 0 saturated carbocycles. The Bertz CT molecular complexity index is 524. The van der Waals surface area contributed by atoms with Crippen molar-refractivity contribution in [1.82, 2.24) is 19.5 Å². The number of halogens is 2. The lowest BCUT2D eigenvalue weighted by atomic mass is 10.3. The van der Waals surface area contributed by atoms with Gasteiger partial charge in [-0.25, -0.2) is 15.0 Å².